The fraction of sp³-hybridized carbons (Fsp3) is 0.190. The lowest BCUT2D eigenvalue weighted by atomic mass is 10.2. The molecule has 10 nitrogen and oxygen atoms in total. The average Bonchev–Trinajstić information content (AvgIpc) is 3.02. The number of carbonyl (C=O) groups excluding carboxylic acids is 3. The molecular weight excluding hydrogens is 402 g/mol. The summed E-state index contributed by atoms with van der Waals surface area (Å²) in [7, 11) is 0. The molecule has 1 atom stereocenters. The van der Waals surface area contributed by atoms with E-state index in [0.29, 0.717) is 10.7 Å². The summed E-state index contributed by atoms with van der Waals surface area (Å²) in [4.78, 5) is 48.1. The van der Waals surface area contributed by atoms with Gasteiger partial charge in [-0.05, 0) is 44.2 Å². The molecule has 0 saturated heterocycles. The highest BCUT2D eigenvalue weighted by Crippen LogP contribution is 2.19. The maximum absolute atomic E-state index is 12.5. The first-order valence-corrected chi connectivity index (χ1v) is 9.27. The van der Waals surface area contributed by atoms with Crippen molar-refractivity contribution in [2.45, 2.75) is 26.3 Å². The van der Waals surface area contributed by atoms with E-state index >= 15 is 0 Å². The molecular formula is C21H19N5O5. The number of rotatable bonds is 6. The lowest BCUT2D eigenvalue weighted by molar-refractivity contribution is -0.144. The van der Waals surface area contributed by atoms with Crippen molar-refractivity contribution in [3.8, 4) is 0 Å². The van der Waals surface area contributed by atoms with E-state index in [0.717, 1.165) is 5.56 Å². The number of hydrogen-bond donors (Lipinski definition) is 2. The molecule has 1 aliphatic rings. The molecule has 31 heavy (non-hydrogen) atoms. The maximum Gasteiger partial charge on any atom is 0.335 e. The Morgan fingerprint density at radius 2 is 1.84 bits per heavy atom. The molecule has 10 heteroatoms. The van der Waals surface area contributed by atoms with E-state index < -0.39 is 36.2 Å². The monoisotopic (exact) mass is 421 g/mol. The Morgan fingerprint density at radius 1 is 1.13 bits per heavy atom. The van der Waals surface area contributed by atoms with Gasteiger partial charge in [0.1, 0.15) is 6.42 Å². The van der Waals surface area contributed by atoms with Gasteiger partial charge < -0.3 is 10.4 Å². The maximum atomic E-state index is 12.5. The molecule has 1 heterocycles. The van der Waals surface area contributed by atoms with Crippen molar-refractivity contribution in [3.63, 3.8) is 0 Å². The highest BCUT2D eigenvalue weighted by Gasteiger charge is 2.38. The third-order valence-electron chi connectivity index (χ3n) is 4.36. The number of hydrogen-bond acceptors (Lipinski definition) is 7. The van der Waals surface area contributed by atoms with Crippen LogP contribution in [0.25, 0.3) is 0 Å². The number of hydrazone groups is 1. The van der Waals surface area contributed by atoms with Gasteiger partial charge >= 0.3 is 5.97 Å². The van der Waals surface area contributed by atoms with E-state index in [2.05, 4.69) is 20.6 Å². The molecule has 0 bridgehead atoms. The topological polar surface area (TPSA) is 141 Å². The molecule has 158 valence electrons. The summed E-state index contributed by atoms with van der Waals surface area (Å²) >= 11 is 0. The normalized spacial score (nSPS) is 15.8. The minimum atomic E-state index is -1.13. The Bertz CT molecular complexity index is 1110. The molecule has 1 unspecified atom stereocenters. The highest BCUT2D eigenvalue weighted by molar-refractivity contribution is 6.18. The van der Waals surface area contributed by atoms with Crippen LogP contribution in [0.1, 0.15) is 29.3 Å². The van der Waals surface area contributed by atoms with Gasteiger partial charge in [0.05, 0.1) is 17.0 Å². The number of azo groups is 1. The minimum absolute atomic E-state index is 0.0241. The molecule has 3 amide bonds. The zero-order valence-electron chi connectivity index (χ0n) is 16.8. The number of carboxylic acids is 1. The van der Waals surface area contributed by atoms with E-state index in [1.54, 1.807) is 12.1 Å². The van der Waals surface area contributed by atoms with Crippen molar-refractivity contribution in [2.24, 2.45) is 15.3 Å². The second-order valence-electron chi connectivity index (χ2n) is 6.85. The molecule has 0 radical (unpaired) electrons. The number of nitrogens with one attached hydrogen (secondary N) is 1. The molecule has 2 aromatic rings. The third-order valence-corrected chi connectivity index (χ3v) is 4.36. The highest BCUT2D eigenvalue weighted by atomic mass is 16.4. The Kier molecular flexibility index (Phi) is 6.29. The van der Waals surface area contributed by atoms with Gasteiger partial charge in [-0.1, -0.05) is 23.8 Å². The van der Waals surface area contributed by atoms with Crippen LogP contribution in [0.4, 0.5) is 11.4 Å². The molecule has 0 fully saturated rings. The summed E-state index contributed by atoms with van der Waals surface area (Å²) in [5, 5.41) is 23.9. The van der Waals surface area contributed by atoms with Crippen LogP contribution >= 0.6 is 0 Å². The molecule has 3 rings (SSSR count). The number of anilines is 1. The zero-order valence-corrected chi connectivity index (χ0v) is 16.8. The van der Waals surface area contributed by atoms with Crippen LogP contribution in [-0.2, 0) is 14.4 Å². The van der Waals surface area contributed by atoms with Gasteiger partial charge in [0.15, 0.2) is 6.04 Å². The van der Waals surface area contributed by atoms with E-state index in [1.807, 2.05) is 19.1 Å². The van der Waals surface area contributed by atoms with E-state index in [-0.39, 0.29) is 17.0 Å². The second-order valence-corrected chi connectivity index (χ2v) is 6.85. The number of benzene rings is 2. The van der Waals surface area contributed by atoms with Crippen molar-refractivity contribution in [1.82, 2.24) is 5.01 Å². The summed E-state index contributed by atoms with van der Waals surface area (Å²) < 4.78 is 0. The van der Waals surface area contributed by atoms with Gasteiger partial charge in [0.25, 0.3) is 11.8 Å². The van der Waals surface area contributed by atoms with Gasteiger partial charge in [0.2, 0.25) is 5.91 Å². The van der Waals surface area contributed by atoms with Crippen LogP contribution in [0.15, 0.2) is 63.9 Å². The van der Waals surface area contributed by atoms with Crippen LogP contribution in [0.3, 0.4) is 0 Å². The molecule has 0 aromatic heterocycles. The minimum Gasteiger partial charge on any atom is -0.478 e. The summed E-state index contributed by atoms with van der Waals surface area (Å²) in [6, 6.07) is 11.6. The van der Waals surface area contributed by atoms with Crippen LogP contribution in [0.2, 0.25) is 0 Å². The van der Waals surface area contributed by atoms with Gasteiger partial charge in [-0.15, -0.1) is 0 Å². The van der Waals surface area contributed by atoms with Gasteiger partial charge in [-0.2, -0.15) is 20.3 Å². The summed E-state index contributed by atoms with van der Waals surface area (Å²) in [5.41, 5.74) is 2.05. The number of imide groups is 1. The number of aryl methyl sites for hydroxylation is 1. The number of carbonyl (C=O) groups is 4. The number of carboxylic acid groups (broad SMARTS) is 1. The van der Waals surface area contributed by atoms with Crippen molar-refractivity contribution < 1.29 is 24.3 Å². The summed E-state index contributed by atoms with van der Waals surface area (Å²) in [6.45, 7) is 3.42. The van der Waals surface area contributed by atoms with Gasteiger partial charge in [-0.25, -0.2) is 4.79 Å². The molecule has 0 aliphatic carbocycles. The van der Waals surface area contributed by atoms with E-state index in [9.17, 15) is 19.2 Å². The predicted octanol–water partition coefficient (Wildman–Crippen LogP) is 2.92. The lowest BCUT2D eigenvalue weighted by Gasteiger charge is -2.11. The molecule has 0 saturated carbocycles. The second kappa shape index (κ2) is 9.08. The predicted molar refractivity (Wildman–Crippen MR) is 111 cm³/mol. The van der Waals surface area contributed by atoms with Crippen LogP contribution in [0, 0.1) is 6.92 Å². The van der Waals surface area contributed by atoms with Crippen LogP contribution in [-0.4, -0.2) is 45.6 Å². The Hall–Kier alpha value is -4.21. The Labute approximate surface area is 177 Å². The quantitative estimate of drug-likeness (QED) is 0.545. The molecule has 1 aliphatic heterocycles. The zero-order chi connectivity index (χ0) is 22.5. The average molecular weight is 421 g/mol. The SMILES string of the molecule is CC1=NN(C(=O)CC(=O)Nc2ccc(C)cc2)C(=O)C1/N=N/c1cccc(C(=O)O)c1. The van der Waals surface area contributed by atoms with Crippen LogP contribution in [0.5, 0.6) is 0 Å². The molecule has 2 N–H and O–H groups in total. The fourth-order valence-corrected chi connectivity index (χ4v) is 2.75. The summed E-state index contributed by atoms with van der Waals surface area (Å²) in [5.74, 6) is -3.22. The van der Waals surface area contributed by atoms with E-state index in [1.165, 1.54) is 31.2 Å². The lowest BCUT2D eigenvalue weighted by Crippen LogP contribution is -2.36. The van der Waals surface area contributed by atoms with E-state index in [4.69, 9.17) is 5.11 Å². The van der Waals surface area contributed by atoms with Crippen LogP contribution < -0.4 is 5.32 Å². The largest absolute Gasteiger partial charge is 0.478 e. The standard InChI is InChI=1S/C21H19N5O5/c1-12-6-8-15(9-7-12)22-17(27)11-18(28)26-20(29)19(13(2)25-26)24-23-16-5-3-4-14(10-16)21(30)31/h3-10,19H,11H2,1-2H3,(H,22,27)(H,30,31)/b24-23+. The first-order chi connectivity index (χ1) is 14.7. The molecule has 2 aromatic carbocycles. The first-order valence-electron chi connectivity index (χ1n) is 9.27. The third kappa shape index (κ3) is 5.24. The Morgan fingerprint density at radius 3 is 2.52 bits per heavy atom. The van der Waals surface area contributed by atoms with Crippen molar-refractivity contribution in [3.05, 3.63) is 59.7 Å². The van der Waals surface area contributed by atoms with Gasteiger partial charge in [-0.3, -0.25) is 14.4 Å². The number of nitrogens with zero attached hydrogens (tertiary/aromatic N) is 4. The van der Waals surface area contributed by atoms with Gasteiger partial charge in [0, 0.05) is 5.69 Å². The van der Waals surface area contributed by atoms with Crippen molar-refractivity contribution >= 4 is 40.8 Å². The Balaban J connectivity index is 1.63. The summed E-state index contributed by atoms with van der Waals surface area (Å²) in [6.07, 6.45) is -0.569. The number of amides is 3. The number of aromatic carboxylic acids is 1. The fourth-order valence-electron chi connectivity index (χ4n) is 2.75. The van der Waals surface area contributed by atoms with Crippen molar-refractivity contribution in [1.29, 1.82) is 0 Å². The smallest absolute Gasteiger partial charge is 0.335 e. The molecule has 0 spiro atoms. The first kappa shape index (κ1) is 21.5. The van der Waals surface area contributed by atoms with Crippen molar-refractivity contribution in [2.75, 3.05) is 5.32 Å².